The van der Waals surface area contributed by atoms with Crippen molar-refractivity contribution in [2.45, 2.75) is 31.7 Å². The third kappa shape index (κ3) is 7.07. The zero-order chi connectivity index (χ0) is 18.6. The lowest BCUT2D eigenvalue weighted by molar-refractivity contribution is -0.131. The van der Waals surface area contributed by atoms with Crippen LogP contribution < -0.4 is 16.4 Å². The number of hydrogen-bond acceptors (Lipinski definition) is 3. The first-order valence-corrected chi connectivity index (χ1v) is 9.05. The maximum atomic E-state index is 12.0. The van der Waals surface area contributed by atoms with Crippen molar-refractivity contribution >= 4 is 11.8 Å². The van der Waals surface area contributed by atoms with Crippen LogP contribution in [0.25, 0.3) is 0 Å². The molecule has 0 aliphatic carbocycles. The van der Waals surface area contributed by atoms with Crippen LogP contribution in [-0.4, -0.2) is 30.9 Å². The molecule has 2 aromatic carbocycles. The van der Waals surface area contributed by atoms with Crippen molar-refractivity contribution < 1.29 is 9.59 Å². The predicted octanol–water partition coefficient (Wildman–Crippen LogP) is 1.81. The number of rotatable bonds is 10. The SMILES string of the molecule is NC(C(=O)NCCCc1ccccc1)C(=O)NCCCc1ccccc1. The lowest BCUT2D eigenvalue weighted by Gasteiger charge is -2.12. The fourth-order valence-electron chi connectivity index (χ4n) is 2.64. The van der Waals surface area contributed by atoms with E-state index in [0.717, 1.165) is 25.7 Å². The van der Waals surface area contributed by atoms with E-state index in [0.29, 0.717) is 13.1 Å². The summed E-state index contributed by atoms with van der Waals surface area (Å²) in [5, 5.41) is 5.45. The number of nitrogens with two attached hydrogens (primary N) is 1. The minimum Gasteiger partial charge on any atom is -0.354 e. The van der Waals surface area contributed by atoms with E-state index in [1.807, 2.05) is 36.4 Å². The summed E-state index contributed by atoms with van der Waals surface area (Å²) in [6.07, 6.45) is 3.37. The molecule has 0 spiro atoms. The Hall–Kier alpha value is -2.66. The lowest BCUT2D eigenvalue weighted by Crippen LogP contribution is -2.51. The van der Waals surface area contributed by atoms with Crippen LogP contribution in [0.3, 0.4) is 0 Å². The molecule has 0 fully saturated rings. The Morgan fingerprint density at radius 1 is 0.731 bits per heavy atom. The van der Waals surface area contributed by atoms with Gasteiger partial charge in [0.1, 0.15) is 0 Å². The van der Waals surface area contributed by atoms with Crippen LogP contribution in [0.15, 0.2) is 60.7 Å². The second kappa shape index (κ2) is 11.1. The Morgan fingerprint density at radius 3 is 1.50 bits per heavy atom. The van der Waals surface area contributed by atoms with E-state index >= 15 is 0 Å². The second-order valence-corrected chi connectivity index (χ2v) is 6.24. The van der Waals surface area contributed by atoms with E-state index in [9.17, 15) is 9.59 Å². The molecule has 5 heteroatoms. The predicted molar refractivity (Wildman–Crippen MR) is 104 cm³/mol. The molecular weight excluding hydrogens is 326 g/mol. The summed E-state index contributed by atoms with van der Waals surface area (Å²) >= 11 is 0. The van der Waals surface area contributed by atoms with Crippen molar-refractivity contribution in [3.63, 3.8) is 0 Å². The first-order chi connectivity index (χ1) is 12.7. The van der Waals surface area contributed by atoms with Gasteiger partial charge in [0, 0.05) is 13.1 Å². The Morgan fingerprint density at radius 2 is 1.12 bits per heavy atom. The molecule has 5 nitrogen and oxygen atoms in total. The summed E-state index contributed by atoms with van der Waals surface area (Å²) in [5.74, 6) is -0.864. The van der Waals surface area contributed by atoms with Gasteiger partial charge >= 0.3 is 0 Å². The highest BCUT2D eigenvalue weighted by molar-refractivity contribution is 6.04. The first kappa shape index (κ1) is 19.7. The van der Waals surface area contributed by atoms with Crippen molar-refractivity contribution in [2.75, 3.05) is 13.1 Å². The average Bonchev–Trinajstić information content (AvgIpc) is 2.69. The number of amides is 2. The number of hydrogen-bond donors (Lipinski definition) is 3. The van der Waals surface area contributed by atoms with Gasteiger partial charge in [0.15, 0.2) is 6.04 Å². The van der Waals surface area contributed by atoms with Gasteiger partial charge in [-0.05, 0) is 36.8 Å². The van der Waals surface area contributed by atoms with Crippen molar-refractivity contribution in [1.82, 2.24) is 10.6 Å². The summed E-state index contributed by atoms with van der Waals surface area (Å²) in [4.78, 5) is 23.9. The van der Waals surface area contributed by atoms with E-state index in [1.165, 1.54) is 11.1 Å². The highest BCUT2D eigenvalue weighted by Crippen LogP contribution is 2.02. The average molecular weight is 353 g/mol. The zero-order valence-corrected chi connectivity index (χ0v) is 15.0. The van der Waals surface area contributed by atoms with Crippen LogP contribution in [0.5, 0.6) is 0 Å². The smallest absolute Gasteiger partial charge is 0.246 e. The topological polar surface area (TPSA) is 84.2 Å². The quantitative estimate of drug-likeness (QED) is 0.450. The summed E-state index contributed by atoms with van der Waals surface area (Å²) in [7, 11) is 0. The normalized spacial score (nSPS) is 10.5. The van der Waals surface area contributed by atoms with Crippen LogP contribution >= 0.6 is 0 Å². The molecule has 0 aromatic heterocycles. The standard InChI is InChI=1S/C21H27N3O2/c22-19(20(25)23-15-7-13-17-9-3-1-4-10-17)21(26)24-16-8-14-18-11-5-2-6-12-18/h1-6,9-12,19H,7-8,13-16,22H2,(H,23,25)(H,24,26). The molecule has 2 rings (SSSR count). The van der Waals surface area contributed by atoms with Gasteiger partial charge in [0.25, 0.3) is 0 Å². The molecule has 26 heavy (non-hydrogen) atoms. The number of benzene rings is 2. The molecule has 0 aliphatic rings. The Labute approximate surface area is 155 Å². The van der Waals surface area contributed by atoms with E-state index in [2.05, 4.69) is 34.9 Å². The molecule has 0 saturated heterocycles. The van der Waals surface area contributed by atoms with Gasteiger partial charge < -0.3 is 16.4 Å². The van der Waals surface area contributed by atoms with Crippen LogP contribution in [0.4, 0.5) is 0 Å². The molecule has 2 aromatic rings. The largest absolute Gasteiger partial charge is 0.354 e. The highest BCUT2D eigenvalue weighted by atomic mass is 16.2. The molecule has 0 saturated carbocycles. The number of carbonyl (C=O) groups is 2. The van der Waals surface area contributed by atoms with Crippen molar-refractivity contribution in [2.24, 2.45) is 5.73 Å². The summed E-state index contributed by atoms with van der Waals surface area (Å²) < 4.78 is 0. The van der Waals surface area contributed by atoms with Gasteiger partial charge in [-0.1, -0.05) is 60.7 Å². The van der Waals surface area contributed by atoms with Gasteiger partial charge in [0.05, 0.1) is 0 Å². The van der Waals surface area contributed by atoms with Gasteiger partial charge in [-0.25, -0.2) is 0 Å². The molecular formula is C21H27N3O2. The summed E-state index contributed by atoms with van der Waals surface area (Å²) in [6.45, 7) is 1.01. The van der Waals surface area contributed by atoms with E-state index in [1.54, 1.807) is 0 Å². The minimum atomic E-state index is -1.16. The summed E-state index contributed by atoms with van der Waals surface area (Å²) in [6, 6.07) is 19.0. The van der Waals surface area contributed by atoms with Crippen LogP contribution in [-0.2, 0) is 22.4 Å². The zero-order valence-electron chi connectivity index (χ0n) is 15.0. The van der Waals surface area contributed by atoms with Crippen LogP contribution in [0.2, 0.25) is 0 Å². The monoisotopic (exact) mass is 353 g/mol. The Bertz CT molecular complexity index is 615. The second-order valence-electron chi connectivity index (χ2n) is 6.24. The molecule has 0 radical (unpaired) electrons. The van der Waals surface area contributed by atoms with Crippen LogP contribution in [0.1, 0.15) is 24.0 Å². The molecule has 0 heterocycles. The van der Waals surface area contributed by atoms with Crippen LogP contribution in [0, 0.1) is 0 Å². The molecule has 0 aliphatic heterocycles. The van der Waals surface area contributed by atoms with Crippen molar-refractivity contribution in [3.05, 3.63) is 71.8 Å². The molecule has 2 amide bonds. The Balaban J connectivity index is 1.58. The molecule has 4 N–H and O–H groups in total. The minimum absolute atomic E-state index is 0.432. The highest BCUT2D eigenvalue weighted by Gasteiger charge is 2.20. The third-order valence-corrected chi connectivity index (χ3v) is 4.13. The fraction of sp³-hybridized carbons (Fsp3) is 0.333. The number of carbonyl (C=O) groups excluding carboxylic acids is 2. The van der Waals surface area contributed by atoms with Gasteiger partial charge in [-0.2, -0.15) is 0 Å². The number of aryl methyl sites for hydroxylation is 2. The van der Waals surface area contributed by atoms with Gasteiger partial charge in [-0.3, -0.25) is 9.59 Å². The van der Waals surface area contributed by atoms with E-state index < -0.39 is 17.9 Å². The van der Waals surface area contributed by atoms with E-state index in [4.69, 9.17) is 5.73 Å². The van der Waals surface area contributed by atoms with Gasteiger partial charge in [0.2, 0.25) is 11.8 Å². The first-order valence-electron chi connectivity index (χ1n) is 9.05. The molecule has 0 bridgehead atoms. The van der Waals surface area contributed by atoms with Crippen molar-refractivity contribution in [1.29, 1.82) is 0 Å². The van der Waals surface area contributed by atoms with Gasteiger partial charge in [-0.15, -0.1) is 0 Å². The summed E-state index contributed by atoms with van der Waals surface area (Å²) in [5.41, 5.74) is 8.17. The maximum Gasteiger partial charge on any atom is 0.246 e. The third-order valence-electron chi connectivity index (χ3n) is 4.13. The maximum absolute atomic E-state index is 12.0. The van der Waals surface area contributed by atoms with E-state index in [-0.39, 0.29) is 0 Å². The van der Waals surface area contributed by atoms with Crippen molar-refractivity contribution in [3.8, 4) is 0 Å². The lowest BCUT2D eigenvalue weighted by atomic mass is 10.1. The molecule has 0 atom stereocenters. The number of nitrogens with one attached hydrogen (secondary N) is 2. The molecule has 0 unspecified atom stereocenters. The molecule has 138 valence electrons. The fourth-order valence-corrected chi connectivity index (χ4v) is 2.64. The Kier molecular flexibility index (Phi) is 8.36.